The fourth-order valence-corrected chi connectivity index (χ4v) is 2.01. The number of nitrogens with zero attached hydrogens (tertiary/aromatic N) is 2. The van der Waals surface area contributed by atoms with Crippen LogP contribution in [0.25, 0.3) is 11.3 Å². The Labute approximate surface area is 116 Å². The summed E-state index contributed by atoms with van der Waals surface area (Å²) in [5.74, 6) is 0.145. The van der Waals surface area contributed by atoms with Crippen LogP contribution < -0.4 is 10.5 Å². The zero-order valence-corrected chi connectivity index (χ0v) is 11.4. The minimum absolute atomic E-state index is 0.338. The van der Waals surface area contributed by atoms with Crippen LogP contribution in [0.4, 0.5) is 5.82 Å². The van der Waals surface area contributed by atoms with Crippen LogP contribution in [0, 0.1) is 0 Å². The molecule has 20 heavy (non-hydrogen) atoms. The van der Waals surface area contributed by atoms with Crippen molar-refractivity contribution in [2.75, 3.05) is 12.8 Å². The van der Waals surface area contributed by atoms with E-state index in [1.807, 2.05) is 24.3 Å². The van der Waals surface area contributed by atoms with E-state index < -0.39 is 12.0 Å². The second kappa shape index (κ2) is 5.64. The number of anilines is 1. The van der Waals surface area contributed by atoms with E-state index in [0.717, 1.165) is 11.3 Å². The molecule has 3 N–H and O–H groups in total. The number of aromatic nitrogens is 2. The molecular weight excluding hydrogens is 258 g/mol. The third kappa shape index (κ3) is 2.59. The number of aliphatic carboxylic acids is 1. The van der Waals surface area contributed by atoms with Crippen molar-refractivity contribution in [1.29, 1.82) is 0 Å². The molecule has 0 saturated heterocycles. The average Bonchev–Trinajstić information content (AvgIpc) is 2.81. The Bertz CT molecular complexity index is 605. The summed E-state index contributed by atoms with van der Waals surface area (Å²) in [6.45, 7) is 1.78. The van der Waals surface area contributed by atoms with Crippen molar-refractivity contribution in [2.45, 2.75) is 19.4 Å². The summed E-state index contributed by atoms with van der Waals surface area (Å²) < 4.78 is 6.44. The van der Waals surface area contributed by atoms with Gasteiger partial charge in [0.2, 0.25) is 0 Å². The minimum Gasteiger partial charge on any atom is -0.497 e. The van der Waals surface area contributed by atoms with Crippen molar-refractivity contribution in [3.8, 4) is 17.0 Å². The van der Waals surface area contributed by atoms with Crippen LogP contribution in [0.1, 0.15) is 19.4 Å². The second-order valence-electron chi connectivity index (χ2n) is 4.39. The Balaban J connectivity index is 2.36. The number of benzene rings is 1. The topological polar surface area (TPSA) is 90.4 Å². The zero-order valence-electron chi connectivity index (χ0n) is 11.4. The monoisotopic (exact) mass is 275 g/mol. The standard InChI is InChI=1S/C14H17N3O3/c1-3-12(14(18)19)17-13(15)8-11(16-17)9-4-6-10(20-2)7-5-9/h4-8,12H,3,15H2,1-2H3,(H,18,19). The Morgan fingerprint density at radius 3 is 2.60 bits per heavy atom. The molecule has 2 rings (SSSR count). The van der Waals surface area contributed by atoms with Crippen molar-refractivity contribution >= 4 is 11.8 Å². The summed E-state index contributed by atoms with van der Waals surface area (Å²) in [7, 11) is 1.60. The lowest BCUT2D eigenvalue weighted by molar-refractivity contribution is -0.141. The lowest BCUT2D eigenvalue weighted by atomic mass is 10.1. The molecule has 0 spiro atoms. The van der Waals surface area contributed by atoms with Crippen LogP contribution in [0.2, 0.25) is 0 Å². The van der Waals surface area contributed by atoms with Gasteiger partial charge in [-0.2, -0.15) is 5.10 Å². The molecule has 0 aliphatic carbocycles. The molecule has 1 atom stereocenters. The number of ether oxygens (including phenoxy) is 1. The van der Waals surface area contributed by atoms with Gasteiger partial charge >= 0.3 is 5.97 Å². The lowest BCUT2D eigenvalue weighted by Gasteiger charge is -2.11. The summed E-state index contributed by atoms with van der Waals surface area (Å²) in [4.78, 5) is 11.2. The predicted octanol–water partition coefficient (Wildman–Crippen LogP) is 2.18. The van der Waals surface area contributed by atoms with Crippen LogP contribution in [0.3, 0.4) is 0 Å². The minimum atomic E-state index is -0.941. The number of rotatable bonds is 5. The van der Waals surface area contributed by atoms with Gasteiger partial charge in [-0.05, 0) is 30.7 Å². The van der Waals surface area contributed by atoms with E-state index in [1.165, 1.54) is 4.68 Å². The first-order valence-corrected chi connectivity index (χ1v) is 6.29. The van der Waals surface area contributed by atoms with Crippen molar-refractivity contribution in [1.82, 2.24) is 9.78 Å². The van der Waals surface area contributed by atoms with E-state index in [0.29, 0.717) is 17.9 Å². The van der Waals surface area contributed by atoms with E-state index in [4.69, 9.17) is 15.6 Å². The largest absolute Gasteiger partial charge is 0.497 e. The number of nitrogens with two attached hydrogens (primary N) is 1. The molecule has 0 saturated carbocycles. The Morgan fingerprint density at radius 2 is 2.10 bits per heavy atom. The molecular formula is C14H17N3O3. The predicted molar refractivity (Wildman–Crippen MR) is 75.6 cm³/mol. The maximum atomic E-state index is 11.2. The number of carboxylic acids is 1. The summed E-state index contributed by atoms with van der Waals surface area (Å²) in [5.41, 5.74) is 7.36. The van der Waals surface area contributed by atoms with Crippen LogP contribution in [0.5, 0.6) is 5.75 Å². The molecule has 106 valence electrons. The SMILES string of the molecule is CCC(C(=O)O)n1nc(-c2ccc(OC)cc2)cc1N. The number of hydrogen-bond donors (Lipinski definition) is 2. The number of carbonyl (C=O) groups is 1. The maximum absolute atomic E-state index is 11.2. The molecule has 0 fully saturated rings. The Morgan fingerprint density at radius 1 is 1.45 bits per heavy atom. The summed E-state index contributed by atoms with van der Waals surface area (Å²) in [6, 6.07) is 8.27. The van der Waals surface area contributed by atoms with Gasteiger partial charge in [0.05, 0.1) is 12.8 Å². The number of nitrogen functional groups attached to an aromatic ring is 1. The normalized spacial score (nSPS) is 12.1. The third-order valence-electron chi connectivity index (χ3n) is 3.12. The molecule has 1 unspecified atom stereocenters. The average molecular weight is 275 g/mol. The summed E-state index contributed by atoms with van der Waals surface area (Å²) >= 11 is 0. The molecule has 0 radical (unpaired) electrons. The second-order valence-corrected chi connectivity index (χ2v) is 4.39. The van der Waals surface area contributed by atoms with Crippen molar-refractivity contribution < 1.29 is 14.6 Å². The van der Waals surface area contributed by atoms with Gasteiger partial charge in [0.15, 0.2) is 6.04 Å². The molecule has 1 heterocycles. The van der Waals surface area contributed by atoms with Crippen molar-refractivity contribution in [3.05, 3.63) is 30.3 Å². The smallest absolute Gasteiger partial charge is 0.328 e. The van der Waals surface area contributed by atoms with Crippen LogP contribution in [-0.2, 0) is 4.79 Å². The third-order valence-corrected chi connectivity index (χ3v) is 3.12. The van der Waals surface area contributed by atoms with Gasteiger partial charge in [-0.15, -0.1) is 0 Å². The highest BCUT2D eigenvalue weighted by Gasteiger charge is 2.21. The van der Waals surface area contributed by atoms with E-state index in [-0.39, 0.29) is 0 Å². The van der Waals surface area contributed by atoms with Crippen LogP contribution >= 0.6 is 0 Å². The van der Waals surface area contributed by atoms with Crippen molar-refractivity contribution in [3.63, 3.8) is 0 Å². The first-order valence-electron chi connectivity index (χ1n) is 6.29. The van der Waals surface area contributed by atoms with Gasteiger partial charge in [-0.3, -0.25) is 0 Å². The highest BCUT2D eigenvalue weighted by Crippen LogP contribution is 2.25. The van der Waals surface area contributed by atoms with Crippen LogP contribution in [-0.4, -0.2) is 28.0 Å². The summed E-state index contributed by atoms with van der Waals surface area (Å²) in [6.07, 6.45) is 0.420. The summed E-state index contributed by atoms with van der Waals surface area (Å²) in [5, 5.41) is 13.5. The van der Waals surface area contributed by atoms with Crippen molar-refractivity contribution in [2.24, 2.45) is 0 Å². The molecule has 6 heteroatoms. The Hall–Kier alpha value is -2.50. The van der Waals surface area contributed by atoms with E-state index in [2.05, 4.69) is 5.10 Å². The number of methoxy groups -OCH3 is 1. The fraction of sp³-hybridized carbons (Fsp3) is 0.286. The lowest BCUT2D eigenvalue weighted by Crippen LogP contribution is -2.20. The van der Waals surface area contributed by atoms with Gasteiger partial charge in [-0.25, -0.2) is 9.48 Å². The molecule has 0 aliphatic rings. The molecule has 0 amide bonds. The van der Waals surface area contributed by atoms with E-state index in [9.17, 15) is 4.79 Å². The molecule has 0 aliphatic heterocycles. The van der Waals surface area contributed by atoms with Crippen LogP contribution in [0.15, 0.2) is 30.3 Å². The van der Waals surface area contributed by atoms with Gasteiger partial charge in [0.1, 0.15) is 11.6 Å². The quantitative estimate of drug-likeness (QED) is 0.872. The van der Waals surface area contributed by atoms with Gasteiger partial charge in [0, 0.05) is 11.6 Å². The molecule has 1 aromatic carbocycles. The molecule has 6 nitrogen and oxygen atoms in total. The first kappa shape index (κ1) is 13.9. The first-order chi connectivity index (χ1) is 9.56. The highest BCUT2D eigenvalue weighted by atomic mass is 16.5. The molecule has 2 aromatic rings. The molecule has 1 aromatic heterocycles. The maximum Gasteiger partial charge on any atom is 0.328 e. The van der Waals surface area contributed by atoms with E-state index in [1.54, 1.807) is 20.1 Å². The zero-order chi connectivity index (χ0) is 14.7. The number of carboxylic acid groups (broad SMARTS) is 1. The van der Waals surface area contributed by atoms with Gasteiger partial charge in [-0.1, -0.05) is 6.92 Å². The molecule has 0 bridgehead atoms. The highest BCUT2D eigenvalue weighted by molar-refractivity contribution is 5.73. The number of hydrogen-bond acceptors (Lipinski definition) is 4. The van der Waals surface area contributed by atoms with Gasteiger partial charge < -0.3 is 15.6 Å². The van der Waals surface area contributed by atoms with Gasteiger partial charge in [0.25, 0.3) is 0 Å². The Kier molecular flexibility index (Phi) is 3.93. The van der Waals surface area contributed by atoms with E-state index >= 15 is 0 Å². The fourth-order valence-electron chi connectivity index (χ4n) is 2.01.